The Bertz CT molecular complexity index is 1420. The molecule has 4 aliphatic rings. The van der Waals surface area contributed by atoms with E-state index in [1.165, 1.54) is 33.5 Å². The molecule has 192 valence electrons. The van der Waals surface area contributed by atoms with Gasteiger partial charge in [0.1, 0.15) is 11.4 Å². The highest BCUT2D eigenvalue weighted by atomic mass is 16.5. The van der Waals surface area contributed by atoms with Gasteiger partial charge in [-0.25, -0.2) is 10.1 Å². The molecular weight excluding hydrogens is 466 g/mol. The number of hydrogen-bond donors (Lipinski definition) is 0. The van der Waals surface area contributed by atoms with Crippen LogP contribution in [0, 0.1) is 17.9 Å². The first kappa shape index (κ1) is 24.6. The second-order valence-electron chi connectivity index (χ2n) is 12.8. The van der Waals surface area contributed by atoms with Crippen molar-refractivity contribution in [3.63, 3.8) is 0 Å². The van der Waals surface area contributed by atoms with Crippen LogP contribution >= 0.6 is 0 Å². The van der Waals surface area contributed by atoms with Crippen LogP contribution in [0.1, 0.15) is 74.8 Å². The van der Waals surface area contributed by atoms with E-state index in [4.69, 9.17) is 11.3 Å². The topological polar surface area (TPSA) is 40.6 Å². The summed E-state index contributed by atoms with van der Waals surface area (Å²) in [5, 5.41) is 9.66. The molecule has 6 rings (SSSR count). The first-order valence-corrected chi connectivity index (χ1v) is 13.7. The molecule has 0 aromatic heterocycles. The van der Waals surface area contributed by atoms with E-state index in [1.807, 2.05) is 12.2 Å². The average molecular weight is 502 g/mol. The zero-order chi connectivity index (χ0) is 26.7. The lowest BCUT2D eigenvalue weighted by Crippen LogP contribution is -2.44. The summed E-state index contributed by atoms with van der Waals surface area (Å²) in [4.78, 5) is 6.13. The first-order valence-electron chi connectivity index (χ1n) is 13.7. The van der Waals surface area contributed by atoms with Crippen LogP contribution in [0.3, 0.4) is 0 Å². The number of benzene rings is 2. The summed E-state index contributed by atoms with van der Waals surface area (Å²) in [5.74, 6) is 0.724. The Kier molecular flexibility index (Phi) is 5.59. The molecule has 38 heavy (non-hydrogen) atoms. The predicted molar refractivity (Wildman–Crippen MR) is 153 cm³/mol. The minimum atomic E-state index is -0.452. The van der Waals surface area contributed by atoms with Crippen LogP contribution in [0.4, 0.5) is 5.69 Å². The lowest BCUT2D eigenvalue weighted by Gasteiger charge is -2.48. The molecule has 0 saturated heterocycles. The van der Waals surface area contributed by atoms with E-state index in [-0.39, 0.29) is 16.5 Å². The number of ether oxygens (including phenoxy) is 1. The van der Waals surface area contributed by atoms with Gasteiger partial charge in [-0.15, -0.1) is 0 Å². The fourth-order valence-electron chi connectivity index (χ4n) is 6.88. The Morgan fingerprint density at radius 1 is 0.974 bits per heavy atom. The van der Waals surface area contributed by atoms with Crippen molar-refractivity contribution in [2.75, 3.05) is 18.0 Å². The Morgan fingerprint density at radius 2 is 1.58 bits per heavy atom. The molecule has 1 aliphatic carbocycles. The zero-order valence-corrected chi connectivity index (χ0v) is 22.9. The normalized spacial score (nSPS) is 23.1. The van der Waals surface area contributed by atoms with E-state index >= 15 is 0 Å². The summed E-state index contributed by atoms with van der Waals surface area (Å²) in [7, 11) is 0. The summed E-state index contributed by atoms with van der Waals surface area (Å²) in [5.41, 5.74) is 8.85. The fourth-order valence-corrected chi connectivity index (χ4v) is 6.88. The molecule has 4 heteroatoms. The molecule has 0 N–H and O–H groups in total. The zero-order valence-electron chi connectivity index (χ0n) is 22.9. The standard InChI is InChI=1S/C34H35N3O/c1-32(2)12-14-37-15-13-33(3,4)29-17-23(16-28(32)31(29)37)10-11-27-18-26(30(22-35)36-5)21-34(38-27)19-24-8-6-7-9-25(24)20-34/h6-11,16-18H,12-15,19-21H2,1-4H3. The third-order valence-corrected chi connectivity index (χ3v) is 9.19. The van der Waals surface area contributed by atoms with E-state index in [2.05, 4.69) is 86.0 Å². The first-order chi connectivity index (χ1) is 18.1. The molecule has 2 aromatic rings. The van der Waals surface area contributed by atoms with Crippen molar-refractivity contribution >= 4 is 11.8 Å². The van der Waals surface area contributed by atoms with Gasteiger partial charge in [-0.2, -0.15) is 0 Å². The average Bonchev–Trinajstić information content (AvgIpc) is 3.23. The van der Waals surface area contributed by atoms with Crippen LogP contribution in [-0.4, -0.2) is 18.7 Å². The lowest BCUT2D eigenvalue weighted by molar-refractivity contribution is 0.0108. The molecule has 3 heterocycles. The van der Waals surface area contributed by atoms with Gasteiger partial charge in [-0.05, 0) is 81.3 Å². The van der Waals surface area contributed by atoms with Crippen molar-refractivity contribution in [2.24, 2.45) is 0 Å². The maximum atomic E-state index is 9.66. The molecule has 2 aromatic carbocycles. The summed E-state index contributed by atoms with van der Waals surface area (Å²) in [6.07, 6.45) is 10.6. The van der Waals surface area contributed by atoms with Crippen molar-refractivity contribution in [1.29, 1.82) is 5.26 Å². The third kappa shape index (κ3) is 4.04. The highest BCUT2D eigenvalue weighted by Gasteiger charge is 2.43. The largest absolute Gasteiger partial charge is 0.486 e. The smallest absolute Gasteiger partial charge is 0.265 e. The van der Waals surface area contributed by atoms with Crippen molar-refractivity contribution in [1.82, 2.24) is 0 Å². The van der Waals surface area contributed by atoms with E-state index in [0.717, 1.165) is 50.1 Å². The number of allylic oxidation sites excluding steroid dienone is 3. The van der Waals surface area contributed by atoms with Gasteiger partial charge in [-0.3, -0.25) is 0 Å². The molecule has 4 nitrogen and oxygen atoms in total. The second-order valence-corrected chi connectivity index (χ2v) is 12.8. The molecule has 0 fully saturated rings. The van der Waals surface area contributed by atoms with Crippen molar-refractivity contribution in [3.8, 4) is 6.07 Å². The van der Waals surface area contributed by atoms with Gasteiger partial charge >= 0.3 is 0 Å². The number of hydrogen-bond acceptors (Lipinski definition) is 3. The summed E-state index contributed by atoms with van der Waals surface area (Å²) < 4.78 is 6.71. The molecule has 0 unspecified atom stereocenters. The Morgan fingerprint density at radius 3 is 2.13 bits per heavy atom. The fraction of sp³-hybridized carbons (Fsp3) is 0.412. The van der Waals surface area contributed by atoms with Crippen LogP contribution in [-0.2, 0) is 28.4 Å². The van der Waals surface area contributed by atoms with Crippen LogP contribution in [0.25, 0.3) is 10.9 Å². The molecule has 0 saturated carbocycles. The highest BCUT2D eigenvalue weighted by molar-refractivity contribution is 5.72. The van der Waals surface area contributed by atoms with Crippen LogP contribution in [0.15, 0.2) is 65.6 Å². The van der Waals surface area contributed by atoms with E-state index < -0.39 is 5.60 Å². The quantitative estimate of drug-likeness (QED) is 0.318. The number of rotatable bonds is 2. The summed E-state index contributed by atoms with van der Waals surface area (Å²) in [6, 6.07) is 15.3. The van der Waals surface area contributed by atoms with Gasteiger partial charge in [0, 0.05) is 38.0 Å². The van der Waals surface area contributed by atoms with Crippen LogP contribution < -0.4 is 4.90 Å². The molecule has 0 bridgehead atoms. The minimum Gasteiger partial charge on any atom is -0.486 e. The number of anilines is 1. The van der Waals surface area contributed by atoms with Gasteiger partial charge in [0.15, 0.2) is 0 Å². The SMILES string of the molecule is [C-]#[N+]C(C#N)=C1C=C(C=Cc2cc3c4c(c2)C(C)(C)CCN4CCC3(C)C)OC2(C1)Cc1ccccc1C2. The van der Waals surface area contributed by atoms with Crippen LogP contribution in [0.2, 0.25) is 0 Å². The van der Waals surface area contributed by atoms with E-state index in [9.17, 15) is 5.26 Å². The number of nitrogens with zero attached hydrogens (tertiary/aromatic N) is 3. The van der Waals surface area contributed by atoms with Gasteiger partial charge in [-0.1, -0.05) is 58.0 Å². The predicted octanol–water partition coefficient (Wildman–Crippen LogP) is 7.41. The van der Waals surface area contributed by atoms with Gasteiger partial charge in [0.2, 0.25) is 0 Å². The molecule has 0 amide bonds. The highest BCUT2D eigenvalue weighted by Crippen LogP contribution is 2.50. The van der Waals surface area contributed by atoms with Crippen molar-refractivity contribution < 1.29 is 4.74 Å². The molecule has 3 aliphatic heterocycles. The van der Waals surface area contributed by atoms with Gasteiger partial charge in [0.05, 0.1) is 12.6 Å². The Labute approximate surface area is 226 Å². The van der Waals surface area contributed by atoms with Crippen LogP contribution in [0.5, 0.6) is 0 Å². The minimum absolute atomic E-state index is 0.130. The molecule has 0 radical (unpaired) electrons. The van der Waals surface area contributed by atoms with Crippen molar-refractivity contribution in [3.05, 3.63) is 105 Å². The van der Waals surface area contributed by atoms with Gasteiger partial charge in [0.25, 0.3) is 5.70 Å². The Hall–Kier alpha value is -3.76. The number of nitriles is 1. The second kappa shape index (κ2) is 8.64. The molecular formula is C34H35N3O. The summed E-state index contributed by atoms with van der Waals surface area (Å²) in [6.45, 7) is 19.3. The molecule has 0 atom stereocenters. The molecule has 1 spiro atoms. The van der Waals surface area contributed by atoms with E-state index in [0.29, 0.717) is 6.42 Å². The monoisotopic (exact) mass is 501 g/mol. The third-order valence-electron chi connectivity index (χ3n) is 9.19. The Balaban J connectivity index is 1.40. The van der Waals surface area contributed by atoms with Crippen molar-refractivity contribution in [2.45, 2.75) is 76.2 Å². The van der Waals surface area contributed by atoms with Gasteiger partial charge < -0.3 is 9.64 Å². The van der Waals surface area contributed by atoms with E-state index in [1.54, 1.807) is 0 Å². The number of fused-ring (bicyclic) bond motifs is 1. The lowest BCUT2D eigenvalue weighted by atomic mass is 9.69. The maximum absolute atomic E-state index is 9.66. The summed E-state index contributed by atoms with van der Waals surface area (Å²) >= 11 is 0. The maximum Gasteiger partial charge on any atom is 0.265 e.